The second-order valence-corrected chi connectivity index (χ2v) is 5.67. The summed E-state index contributed by atoms with van der Waals surface area (Å²) in [5.41, 5.74) is -0.686. The van der Waals surface area contributed by atoms with E-state index in [0.717, 1.165) is 0 Å². The lowest BCUT2D eigenvalue weighted by molar-refractivity contribution is -0.141. The van der Waals surface area contributed by atoms with Gasteiger partial charge in [-0.3, -0.25) is 4.79 Å². The van der Waals surface area contributed by atoms with E-state index in [0.29, 0.717) is 16.9 Å². The van der Waals surface area contributed by atoms with Crippen molar-refractivity contribution in [3.05, 3.63) is 40.9 Å². The summed E-state index contributed by atoms with van der Waals surface area (Å²) in [5, 5.41) is 2.49. The molecule has 0 fully saturated rings. The zero-order chi connectivity index (χ0) is 17.7. The van der Waals surface area contributed by atoms with Gasteiger partial charge in [-0.2, -0.15) is 13.2 Å². The maximum absolute atomic E-state index is 13.2. The highest BCUT2D eigenvalue weighted by atomic mass is 32.1. The summed E-state index contributed by atoms with van der Waals surface area (Å²) in [4.78, 5) is 15.3. The lowest BCUT2D eigenvalue weighted by atomic mass is 10.2. The van der Waals surface area contributed by atoms with Crippen LogP contribution < -0.4 is 5.32 Å². The smallest absolute Gasteiger partial charge is 0.354 e. The van der Waals surface area contributed by atoms with Gasteiger partial charge in [0.25, 0.3) is 5.91 Å². The van der Waals surface area contributed by atoms with Crippen molar-refractivity contribution < 1.29 is 27.4 Å². The number of methoxy groups -OCH3 is 2. The van der Waals surface area contributed by atoms with Crippen LogP contribution in [0.4, 0.5) is 13.2 Å². The van der Waals surface area contributed by atoms with Gasteiger partial charge in [-0.25, -0.2) is 4.98 Å². The van der Waals surface area contributed by atoms with Crippen LogP contribution >= 0.6 is 11.3 Å². The third kappa shape index (κ3) is 4.31. The van der Waals surface area contributed by atoms with E-state index in [-0.39, 0.29) is 11.6 Å². The largest absolute Gasteiger partial charge is 0.435 e. The van der Waals surface area contributed by atoms with Crippen molar-refractivity contribution in [3.63, 3.8) is 0 Å². The van der Waals surface area contributed by atoms with Crippen molar-refractivity contribution in [2.24, 2.45) is 0 Å². The molecular formula is C15H15F3N2O3S. The maximum Gasteiger partial charge on any atom is 0.435 e. The predicted molar refractivity (Wildman–Crippen MR) is 82.7 cm³/mol. The highest BCUT2D eigenvalue weighted by molar-refractivity contribution is 7.17. The number of rotatable bonds is 6. The Morgan fingerprint density at radius 2 is 1.88 bits per heavy atom. The number of thiazole rings is 1. The van der Waals surface area contributed by atoms with Gasteiger partial charge < -0.3 is 14.8 Å². The molecule has 1 aromatic heterocycles. The first-order valence-electron chi connectivity index (χ1n) is 6.84. The molecule has 2 aromatic rings. The second kappa shape index (κ2) is 7.73. The topological polar surface area (TPSA) is 60.5 Å². The molecule has 0 atom stereocenters. The van der Waals surface area contributed by atoms with Gasteiger partial charge in [-0.05, 0) is 0 Å². The second-order valence-electron chi connectivity index (χ2n) is 4.67. The number of halogens is 3. The number of alkyl halides is 3. The molecule has 0 spiro atoms. The van der Waals surface area contributed by atoms with Crippen LogP contribution in [0, 0.1) is 0 Å². The summed E-state index contributed by atoms with van der Waals surface area (Å²) in [6.07, 6.45) is -5.47. The Morgan fingerprint density at radius 3 is 2.42 bits per heavy atom. The van der Waals surface area contributed by atoms with E-state index in [9.17, 15) is 18.0 Å². The molecule has 9 heteroatoms. The Hall–Kier alpha value is -1.97. The summed E-state index contributed by atoms with van der Waals surface area (Å²) < 4.78 is 49.3. The summed E-state index contributed by atoms with van der Waals surface area (Å²) in [5.74, 6) is -0.874. The highest BCUT2D eigenvalue weighted by Crippen LogP contribution is 2.37. The molecular weight excluding hydrogens is 345 g/mol. The summed E-state index contributed by atoms with van der Waals surface area (Å²) in [7, 11) is 2.73. The van der Waals surface area contributed by atoms with E-state index in [4.69, 9.17) is 9.47 Å². The van der Waals surface area contributed by atoms with Gasteiger partial charge in [0.15, 0.2) is 12.0 Å². The van der Waals surface area contributed by atoms with Gasteiger partial charge in [0.1, 0.15) is 9.88 Å². The Bertz CT molecular complexity index is 685. The average molecular weight is 360 g/mol. The minimum atomic E-state index is -4.72. The fourth-order valence-corrected chi connectivity index (χ4v) is 2.90. The molecule has 0 aliphatic rings. The number of ether oxygens (including phenoxy) is 2. The van der Waals surface area contributed by atoms with Crippen molar-refractivity contribution >= 4 is 17.2 Å². The van der Waals surface area contributed by atoms with Gasteiger partial charge in [-0.15, -0.1) is 11.3 Å². The van der Waals surface area contributed by atoms with Crippen molar-refractivity contribution in [2.75, 3.05) is 20.8 Å². The lowest BCUT2D eigenvalue weighted by Gasteiger charge is -2.14. The maximum atomic E-state index is 13.2. The Labute approximate surface area is 140 Å². The first-order chi connectivity index (χ1) is 11.4. The molecule has 0 aliphatic carbocycles. The van der Waals surface area contributed by atoms with Crippen LogP contribution in [-0.2, 0) is 15.7 Å². The average Bonchev–Trinajstić information content (AvgIpc) is 3.02. The number of carbonyl (C=O) groups is 1. The van der Waals surface area contributed by atoms with Crippen LogP contribution in [-0.4, -0.2) is 37.9 Å². The van der Waals surface area contributed by atoms with E-state index < -0.39 is 28.9 Å². The molecule has 130 valence electrons. The fraction of sp³-hybridized carbons (Fsp3) is 0.333. The quantitative estimate of drug-likeness (QED) is 0.804. The fourth-order valence-electron chi connectivity index (χ4n) is 1.89. The van der Waals surface area contributed by atoms with Crippen molar-refractivity contribution in [2.45, 2.75) is 12.5 Å². The molecule has 1 aromatic carbocycles. The van der Waals surface area contributed by atoms with E-state index >= 15 is 0 Å². The number of hydrogen-bond acceptors (Lipinski definition) is 5. The molecule has 0 aliphatic heterocycles. The van der Waals surface area contributed by atoms with Gasteiger partial charge >= 0.3 is 6.18 Å². The van der Waals surface area contributed by atoms with Crippen molar-refractivity contribution in [1.29, 1.82) is 0 Å². The van der Waals surface area contributed by atoms with E-state index in [1.807, 2.05) is 0 Å². The van der Waals surface area contributed by atoms with Crippen LogP contribution in [0.1, 0.15) is 15.4 Å². The van der Waals surface area contributed by atoms with Gasteiger partial charge in [0, 0.05) is 19.8 Å². The normalized spacial score (nSPS) is 11.8. The van der Waals surface area contributed by atoms with E-state index in [1.165, 1.54) is 14.2 Å². The van der Waals surface area contributed by atoms with E-state index in [1.54, 1.807) is 30.3 Å². The number of nitrogens with one attached hydrogen (secondary N) is 1. The molecule has 0 saturated carbocycles. The molecule has 0 saturated heterocycles. The number of carbonyl (C=O) groups excluding carboxylic acids is 1. The third-order valence-electron chi connectivity index (χ3n) is 3.08. The molecule has 0 unspecified atom stereocenters. The number of benzene rings is 1. The zero-order valence-corrected chi connectivity index (χ0v) is 13.7. The van der Waals surface area contributed by atoms with Gasteiger partial charge in [0.2, 0.25) is 0 Å². The van der Waals surface area contributed by atoms with E-state index in [2.05, 4.69) is 10.3 Å². The molecule has 1 amide bonds. The Morgan fingerprint density at radius 1 is 1.25 bits per heavy atom. The SMILES string of the molecule is COC(CNC(=O)c1sc(-c2ccccc2)nc1C(F)(F)F)OC. The van der Waals surface area contributed by atoms with Crippen LogP contribution in [0.25, 0.3) is 10.6 Å². The minimum absolute atomic E-state index is 0.0816. The van der Waals surface area contributed by atoms with Gasteiger partial charge in [-0.1, -0.05) is 30.3 Å². The number of nitrogens with zero attached hydrogens (tertiary/aromatic N) is 1. The molecule has 1 N–H and O–H groups in total. The summed E-state index contributed by atoms with van der Waals surface area (Å²) in [6.45, 7) is -0.0816. The number of amides is 1. The monoisotopic (exact) mass is 360 g/mol. The highest BCUT2D eigenvalue weighted by Gasteiger charge is 2.39. The Kier molecular flexibility index (Phi) is 5.92. The summed E-state index contributed by atoms with van der Waals surface area (Å²) in [6, 6.07) is 8.38. The Balaban J connectivity index is 2.30. The first kappa shape index (κ1) is 18.4. The van der Waals surface area contributed by atoms with Crippen LogP contribution in [0.2, 0.25) is 0 Å². The standard InChI is InChI=1S/C15H15F3N2O3S/c1-22-10(23-2)8-19-13(21)11-12(15(16,17)18)20-14(24-11)9-6-4-3-5-7-9/h3-7,10H,8H2,1-2H3,(H,19,21). The van der Waals surface area contributed by atoms with Gasteiger partial charge in [0.05, 0.1) is 6.54 Å². The van der Waals surface area contributed by atoms with Crippen molar-refractivity contribution in [1.82, 2.24) is 10.3 Å². The van der Waals surface area contributed by atoms with Crippen LogP contribution in [0.5, 0.6) is 0 Å². The summed E-state index contributed by atoms with van der Waals surface area (Å²) >= 11 is 0.690. The molecule has 24 heavy (non-hydrogen) atoms. The molecule has 1 heterocycles. The third-order valence-corrected chi connectivity index (χ3v) is 4.18. The van der Waals surface area contributed by atoms with Crippen LogP contribution in [0.3, 0.4) is 0 Å². The molecule has 2 rings (SSSR count). The zero-order valence-electron chi connectivity index (χ0n) is 12.9. The van der Waals surface area contributed by atoms with Crippen molar-refractivity contribution in [3.8, 4) is 10.6 Å². The molecule has 0 bridgehead atoms. The molecule has 5 nitrogen and oxygen atoms in total. The lowest BCUT2D eigenvalue weighted by Crippen LogP contribution is -2.34. The minimum Gasteiger partial charge on any atom is -0.354 e. The number of hydrogen-bond donors (Lipinski definition) is 1. The molecule has 0 radical (unpaired) electrons. The first-order valence-corrected chi connectivity index (χ1v) is 7.65. The predicted octanol–water partition coefficient (Wildman–Crippen LogP) is 3.18. The number of aromatic nitrogens is 1. The van der Waals surface area contributed by atoms with Crippen LogP contribution in [0.15, 0.2) is 30.3 Å².